The Balaban J connectivity index is 1.51. The quantitative estimate of drug-likeness (QED) is 0.444. The topological polar surface area (TPSA) is 89.2 Å². The predicted octanol–water partition coefficient (Wildman–Crippen LogP) is 5.57. The molecule has 2 atom stereocenters. The Kier molecular flexibility index (Phi) is 7.00. The van der Waals surface area contributed by atoms with Crippen molar-refractivity contribution in [3.05, 3.63) is 83.9 Å². The van der Waals surface area contributed by atoms with E-state index in [4.69, 9.17) is 4.78 Å². The highest BCUT2D eigenvalue weighted by Gasteiger charge is 2.31. The number of halogens is 3. The number of alkyl halides is 3. The summed E-state index contributed by atoms with van der Waals surface area (Å²) in [6, 6.07) is 22.5. The molecule has 0 spiro atoms. The first kappa shape index (κ1) is 24.6. The van der Waals surface area contributed by atoms with Gasteiger partial charge in [-0.2, -0.15) is 5.26 Å². The average Bonchev–Trinajstić information content (AvgIpc) is 2.98. The van der Waals surface area contributed by atoms with Crippen molar-refractivity contribution in [2.75, 3.05) is 18.0 Å². The molecule has 3 aromatic carbocycles. The molecule has 182 valence electrons. The third-order valence-corrected chi connectivity index (χ3v) is 7.25. The van der Waals surface area contributed by atoms with Crippen molar-refractivity contribution in [1.82, 2.24) is 4.72 Å². The van der Waals surface area contributed by atoms with Gasteiger partial charge in [0.05, 0.1) is 16.9 Å². The molecule has 0 bridgehead atoms. The van der Waals surface area contributed by atoms with E-state index in [1.165, 1.54) is 11.1 Å². The largest absolute Gasteiger partial charge is 0.573 e. The lowest BCUT2D eigenvalue weighted by Crippen LogP contribution is -2.34. The highest BCUT2D eigenvalue weighted by Crippen LogP contribution is 2.36. The second kappa shape index (κ2) is 9.98. The van der Waals surface area contributed by atoms with Gasteiger partial charge >= 0.3 is 6.36 Å². The lowest BCUT2D eigenvalue weighted by Gasteiger charge is -2.29. The smallest absolute Gasteiger partial charge is 0.406 e. The molecular formula is C25H23F3N4O2S. The number of ether oxygens (including phenoxy) is 1. The minimum absolute atomic E-state index is 0.00539. The van der Waals surface area contributed by atoms with E-state index in [0.717, 1.165) is 48.5 Å². The molecule has 10 heteroatoms. The van der Waals surface area contributed by atoms with E-state index < -0.39 is 27.9 Å². The standard InChI is InChI=1S/C25H23F3N4O2S/c26-25(27,28)34-21-11-13-22(14-12-21)35(30,33)31-16-18(15-29)17-32-23-7-3-1-5-19(23)9-10-20-6-2-4-8-24(20)32/h1-8,11-14,18H,9-10,16-17H2,(H2,30,31,33). The Morgan fingerprint density at radius 3 is 2.06 bits per heavy atom. The van der Waals surface area contributed by atoms with Gasteiger partial charge in [0.25, 0.3) is 0 Å². The summed E-state index contributed by atoms with van der Waals surface area (Å²) in [4.78, 5) is 2.08. The lowest BCUT2D eigenvalue weighted by atomic mass is 10.0. The molecule has 0 saturated heterocycles. The molecule has 0 saturated carbocycles. The molecule has 0 radical (unpaired) electrons. The molecule has 0 amide bonds. The van der Waals surface area contributed by atoms with Gasteiger partial charge in [0.15, 0.2) is 0 Å². The fourth-order valence-electron chi connectivity index (χ4n) is 4.07. The van der Waals surface area contributed by atoms with Crippen molar-refractivity contribution >= 4 is 21.3 Å². The van der Waals surface area contributed by atoms with Crippen molar-refractivity contribution in [1.29, 1.82) is 10.0 Å². The monoisotopic (exact) mass is 500 g/mol. The summed E-state index contributed by atoms with van der Waals surface area (Å²) in [7, 11) is -3.55. The third kappa shape index (κ3) is 5.93. The van der Waals surface area contributed by atoms with Gasteiger partial charge in [0.1, 0.15) is 15.7 Å². The van der Waals surface area contributed by atoms with Crippen LogP contribution in [0, 0.1) is 22.0 Å². The SMILES string of the molecule is N#CC(CNS(=N)(=O)c1ccc(OC(F)(F)F)cc1)CN1c2ccccc2CCc2ccccc21. The number of benzene rings is 3. The predicted molar refractivity (Wildman–Crippen MR) is 127 cm³/mol. The minimum atomic E-state index is -4.84. The summed E-state index contributed by atoms with van der Waals surface area (Å²) in [6.07, 6.45) is -3.10. The highest BCUT2D eigenvalue weighted by atomic mass is 32.2. The van der Waals surface area contributed by atoms with Crippen LogP contribution in [-0.2, 0) is 22.8 Å². The van der Waals surface area contributed by atoms with Crippen molar-refractivity contribution in [3.8, 4) is 11.8 Å². The zero-order valence-corrected chi connectivity index (χ0v) is 19.4. The van der Waals surface area contributed by atoms with Gasteiger partial charge < -0.3 is 9.64 Å². The molecule has 3 aromatic rings. The highest BCUT2D eigenvalue weighted by molar-refractivity contribution is 7.90. The van der Waals surface area contributed by atoms with Crippen LogP contribution in [0.1, 0.15) is 11.1 Å². The van der Waals surface area contributed by atoms with Crippen LogP contribution < -0.4 is 14.4 Å². The first-order valence-corrected chi connectivity index (χ1v) is 12.4. The van der Waals surface area contributed by atoms with Crippen molar-refractivity contribution in [3.63, 3.8) is 0 Å². The summed E-state index contributed by atoms with van der Waals surface area (Å²) in [6.45, 7) is 0.270. The lowest BCUT2D eigenvalue weighted by molar-refractivity contribution is -0.274. The van der Waals surface area contributed by atoms with E-state index >= 15 is 0 Å². The Hall–Kier alpha value is -3.55. The molecule has 6 nitrogen and oxygen atoms in total. The minimum Gasteiger partial charge on any atom is -0.406 e. The number of aryl methyl sites for hydroxylation is 2. The van der Waals surface area contributed by atoms with Crippen LogP contribution in [0.25, 0.3) is 0 Å². The van der Waals surface area contributed by atoms with Crippen molar-refractivity contribution in [2.24, 2.45) is 5.92 Å². The van der Waals surface area contributed by atoms with Crippen LogP contribution in [0.3, 0.4) is 0 Å². The van der Waals surface area contributed by atoms with Gasteiger partial charge in [-0.15, -0.1) is 13.2 Å². The fourth-order valence-corrected chi connectivity index (χ4v) is 5.19. The number of fused-ring (bicyclic) bond motifs is 2. The third-order valence-electron chi connectivity index (χ3n) is 5.74. The molecule has 1 heterocycles. The molecule has 2 N–H and O–H groups in total. The number of nitrogens with one attached hydrogen (secondary N) is 2. The van der Waals surface area contributed by atoms with Crippen LogP contribution in [-0.4, -0.2) is 23.7 Å². The van der Waals surface area contributed by atoms with E-state index in [-0.39, 0.29) is 11.4 Å². The van der Waals surface area contributed by atoms with Gasteiger partial charge in [0, 0.05) is 24.5 Å². The van der Waals surface area contributed by atoms with E-state index in [9.17, 15) is 22.6 Å². The Bertz CT molecular complexity index is 1290. The van der Waals surface area contributed by atoms with Crippen molar-refractivity contribution < 1.29 is 22.1 Å². The van der Waals surface area contributed by atoms with Crippen LogP contribution in [0.15, 0.2) is 77.7 Å². The number of hydrogen-bond donors (Lipinski definition) is 2. The maximum Gasteiger partial charge on any atom is 0.573 e. The van der Waals surface area contributed by atoms with Gasteiger partial charge in [-0.1, -0.05) is 36.4 Å². The number of nitriles is 1. The summed E-state index contributed by atoms with van der Waals surface area (Å²) < 4.78 is 64.7. The van der Waals surface area contributed by atoms with E-state index in [2.05, 4.69) is 32.6 Å². The number of para-hydroxylation sites is 2. The maximum atomic E-state index is 12.9. The number of anilines is 2. The first-order chi connectivity index (χ1) is 16.7. The Morgan fingerprint density at radius 1 is 1.00 bits per heavy atom. The molecule has 1 aliphatic rings. The van der Waals surface area contributed by atoms with Gasteiger partial charge in [0.2, 0.25) is 0 Å². The van der Waals surface area contributed by atoms with Gasteiger partial charge in [-0.3, -0.25) is 0 Å². The Labute approximate surface area is 202 Å². The number of rotatable bonds is 7. The van der Waals surface area contributed by atoms with E-state index in [1.807, 2.05) is 36.4 Å². The van der Waals surface area contributed by atoms with E-state index in [0.29, 0.717) is 6.54 Å². The molecule has 0 aromatic heterocycles. The average molecular weight is 501 g/mol. The van der Waals surface area contributed by atoms with Gasteiger partial charge in [-0.05, 0) is 60.4 Å². The van der Waals surface area contributed by atoms with Crippen molar-refractivity contribution in [2.45, 2.75) is 24.1 Å². The zero-order valence-electron chi connectivity index (χ0n) is 18.6. The maximum absolute atomic E-state index is 12.9. The van der Waals surface area contributed by atoms with E-state index in [1.54, 1.807) is 0 Å². The molecule has 35 heavy (non-hydrogen) atoms. The van der Waals surface area contributed by atoms with Crippen LogP contribution >= 0.6 is 0 Å². The summed E-state index contributed by atoms with van der Waals surface area (Å²) >= 11 is 0. The second-order valence-corrected chi connectivity index (χ2v) is 9.99. The van der Waals surface area contributed by atoms with Gasteiger partial charge in [-0.25, -0.2) is 13.7 Å². The van der Waals surface area contributed by atoms with Crippen LogP contribution in [0.5, 0.6) is 5.75 Å². The normalized spacial score (nSPS) is 15.7. The first-order valence-electron chi connectivity index (χ1n) is 10.9. The van der Waals surface area contributed by atoms with Crippen LogP contribution in [0.2, 0.25) is 0 Å². The molecule has 1 aliphatic heterocycles. The second-order valence-electron chi connectivity index (χ2n) is 8.12. The summed E-state index contributed by atoms with van der Waals surface area (Å²) in [5.41, 5.74) is 4.34. The Morgan fingerprint density at radius 2 is 1.54 bits per heavy atom. The number of hydrogen-bond acceptors (Lipinski definition) is 5. The summed E-state index contributed by atoms with van der Waals surface area (Å²) in [5.74, 6) is -1.09. The zero-order chi connectivity index (χ0) is 25.1. The molecule has 2 unspecified atom stereocenters. The molecular weight excluding hydrogens is 477 g/mol. The molecule has 0 fully saturated rings. The fraction of sp³-hybridized carbons (Fsp3) is 0.240. The van der Waals surface area contributed by atoms with Crippen LogP contribution in [0.4, 0.5) is 24.5 Å². The number of nitrogens with zero attached hydrogens (tertiary/aromatic N) is 2. The molecule has 4 rings (SSSR count). The molecule has 0 aliphatic carbocycles. The summed E-state index contributed by atoms with van der Waals surface area (Å²) in [5, 5.41) is 9.84.